The van der Waals surface area contributed by atoms with Crippen LogP contribution in [-0.4, -0.2) is 46.6 Å². The number of carbonyl (C=O) groups is 1. The normalized spacial score (nSPS) is 22.3. The van der Waals surface area contributed by atoms with Crippen molar-refractivity contribution in [1.29, 1.82) is 0 Å². The number of hydrogen-bond acceptors (Lipinski definition) is 7. The summed E-state index contributed by atoms with van der Waals surface area (Å²) in [6.45, 7) is 2.61. The molecule has 6 nitrogen and oxygen atoms in total. The van der Waals surface area contributed by atoms with Crippen LogP contribution in [0.4, 0.5) is 0 Å². The molecule has 2 aliphatic rings. The van der Waals surface area contributed by atoms with Crippen molar-refractivity contribution in [2.75, 3.05) is 19.8 Å². The van der Waals surface area contributed by atoms with Gasteiger partial charge in [-0.2, -0.15) is 4.98 Å². The van der Waals surface area contributed by atoms with Crippen LogP contribution >= 0.6 is 11.3 Å². The summed E-state index contributed by atoms with van der Waals surface area (Å²) in [6.07, 6.45) is 2.78. The molecule has 1 unspecified atom stereocenters. The van der Waals surface area contributed by atoms with Gasteiger partial charge in [-0.15, -0.1) is 11.3 Å². The van der Waals surface area contributed by atoms with Gasteiger partial charge >= 0.3 is 0 Å². The van der Waals surface area contributed by atoms with Crippen LogP contribution in [0.3, 0.4) is 0 Å². The number of nitrogens with zero attached hydrogens (tertiary/aromatic N) is 3. The molecule has 1 saturated heterocycles. The summed E-state index contributed by atoms with van der Waals surface area (Å²) in [5, 5.41) is 5.99. The number of carbonyl (C=O) groups excluding carboxylic acids is 1. The summed E-state index contributed by atoms with van der Waals surface area (Å²) in [6, 6.07) is 3.85. The van der Waals surface area contributed by atoms with Crippen molar-refractivity contribution in [1.82, 2.24) is 15.0 Å². The lowest BCUT2D eigenvalue weighted by molar-refractivity contribution is -0.0164. The molecule has 0 amide bonds. The van der Waals surface area contributed by atoms with Crippen LogP contribution in [0.15, 0.2) is 22.0 Å². The van der Waals surface area contributed by atoms with Crippen LogP contribution in [0.2, 0.25) is 0 Å². The number of ether oxygens (including phenoxy) is 1. The third kappa shape index (κ3) is 3.52. The predicted molar refractivity (Wildman–Crippen MR) is 84.6 cm³/mol. The van der Waals surface area contributed by atoms with Crippen molar-refractivity contribution in [3.05, 3.63) is 34.1 Å². The van der Waals surface area contributed by atoms with Crippen molar-refractivity contribution in [2.45, 2.75) is 37.8 Å². The maximum Gasteiger partial charge on any atom is 0.240 e. The lowest BCUT2D eigenvalue weighted by atomic mass is 10.1. The maximum absolute atomic E-state index is 12.4. The van der Waals surface area contributed by atoms with Gasteiger partial charge in [-0.3, -0.25) is 9.69 Å². The summed E-state index contributed by atoms with van der Waals surface area (Å²) in [5.74, 6) is 2.14. The highest BCUT2D eigenvalue weighted by molar-refractivity contribution is 7.12. The van der Waals surface area contributed by atoms with Crippen LogP contribution in [0.25, 0.3) is 0 Å². The summed E-state index contributed by atoms with van der Waals surface area (Å²) in [5.41, 5.74) is 0. The van der Waals surface area contributed by atoms with E-state index >= 15 is 0 Å². The Labute approximate surface area is 138 Å². The molecule has 2 aromatic rings. The largest absolute Gasteiger partial charge is 0.378 e. The smallest absolute Gasteiger partial charge is 0.240 e. The second-order valence-corrected chi connectivity index (χ2v) is 7.07. The third-order valence-electron chi connectivity index (χ3n) is 4.33. The van der Waals surface area contributed by atoms with Crippen LogP contribution in [0, 0.1) is 0 Å². The van der Waals surface area contributed by atoms with Gasteiger partial charge in [0, 0.05) is 24.9 Å². The number of Topliss-reactive ketones (excluding diaryl/α,β-unsaturated/α-hetero) is 1. The number of rotatable bonds is 6. The molecule has 122 valence electrons. The minimum absolute atomic E-state index is 0.0645. The van der Waals surface area contributed by atoms with Gasteiger partial charge in [-0.05, 0) is 24.3 Å². The fourth-order valence-electron chi connectivity index (χ4n) is 2.85. The molecule has 2 fully saturated rings. The van der Waals surface area contributed by atoms with E-state index in [0.29, 0.717) is 38.0 Å². The first kappa shape index (κ1) is 15.0. The maximum atomic E-state index is 12.4. The highest BCUT2D eigenvalue weighted by Gasteiger charge is 2.31. The Kier molecular flexibility index (Phi) is 4.24. The standard InChI is InChI=1S/C16H19N3O3S/c20-13(14-2-1-7-23-14)8-12-10-21-6-5-19(12)9-15-17-16(18-22-15)11-3-4-11/h1-2,7,11-12H,3-6,8-10H2. The molecule has 0 aromatic carbocycles. The summed E-state index contributed by atoms with van der Waals surface area (Å²) >= 11 is 1.49. The Morgan fingerprint density at radius 2 is 2.35 bits per heavy atom. The molecule has 0 N–H and O–H groups in total. The van der Waals surface area contributed by atoms with E-state index in [-0.39, 0.29) is 11.8 Å². The van der Waals surface area contributed by atoms with Gasteiger partial charge in [0.1, 0.15) is 0 Å². The Morgan fingerprint density at radius 1 is 1.43 bits per heavy atom. The van der Waals surface area contributed by atoms with E-state index in [1.807, 2.05) is 17.5 Å². The highest BCUT2D eigenvalue weighted by atomic mass is 32.1. The number of morpholine rings is 1. The average Bonchev–Trinajstić information content (AvgIpc) is 3.08. The van der Waals surface area contributed by atoms with Gasteiger partial charge < -0.3 is 9.26 Å². The van der Waals surface area contributed by atoms with Crippen LogP contribution in [0.1, 0.15) is 46.6 Å². The van der Waals surface area contributed by atoms with Crippen molar-refractivity contribution in [3.8, 4) is 0 Å². The lowest BCUT2D eigenvalue weighted by Gasteiger charge is -2.34. The first-order valence-electron chi connectivity index (χ1n) is 8.00. The highest BCUT2D eigenvalue weighted by Crippen LogP contribution is 2.38. The number of ketones is 1. The van der Waals surface area contributed by atoms with Crippen LogP contribution in [0.5, 0.6) is 0 Å². The molecule has 3 heterocycles. The van der Waals surface area contributed by atoms with E-state index in [0.717, 1.165) is 30.1 Å². The van der Waals surface area contributed by atoms with Crippen molar-refractivity contribution >= 4 is 17.1 Å². The Balaban J connectivity index is 1.41. The quantitative estimate of drug-likeness (QED) is 0.757. The molecule has 0 radical (unpaired) electrons. The predicted octanol–water partition coefficient (Wildman–Crippen LogP) is 2.48. The lowest BCUT2D eigenvalue weighted by Crippen LogP contribution is -2.45. The first-order valence-corrected chi connectivity index (χ1v) is 8.88. The molecule has 0 bridgehead atoms. The van der Waals surface area contributed by atoms with Crippen LogP contribution < -0.4 is 0 Å². The summed E-state index contributed by atoms with van der Waals surface area (Å²) < 4.78 is 10.9. The van der Waals surface area contributed by atoms with E-state index in [9.17, 15) is 4.79 Å². The Hall–Kier alpha value is -1.57. The van der Waals surface area contributed by atoms with E-state index in [4.69, 9.17) is 9.26 Å². The molecular formula is C16H19N3O3S. The molecule has 0 spiro atoms. The second kappa shape index (κ2) is 6.51. The zero-order valence-corrected chi connectivity index (χ0v) is 13.6. The van der Waals surface area contributed by atoms with Crippen molar-refractivity contribution < 1.29 is 14.1 Å². The molecule has 2 aromatic heterocycles. The first-order chi connectivity index (χ1) is 11.3. The molecule has 1 aliphatic carbocycles. The Morgan fingerprint density at radius 3 is 3.13 bits per heavy atom. The topological polar surface area (TPSA) is 68.5 Å². The van der Waals surface area contributed by atoms with E-state index in [1.54, 1.807) is 0 Å². The molecule has 23 heavy (non-hydrogen) atoms. The fourth-order valence-corrected chi connectivity index (χ4v) is 3.53. The zero-order valence-electron chi connectivity index (χ0n) is 12.8. The number of thiophene rings is 1. The monoisotopic (exact) mass is 333 g/mol. The minimum Gasteiger partial charge on any atom is -0.378 e. The second-order valence-electron chi connectivity index (χ2n) is 6.12. The SMILES string of the molecule is O=C(CC1COCCN1Cc1nc(C2CC2)no1)c1cccs1. The van der Waals surface area contributed by atoms with Gasteiger partial charge in [0.15, 0.2) is 11.6 Å². The molecule has 4 rings (SSSR count). The average molecular weight is 333 g/mol. The molecule has 1 saturated carbocycles. The van der Waals surface area contributed by atoms with Crippen LogP contribution in [-0.2, 0) is 11.3 Å². The fraction of sp³-hybridized carbons (Fsp3) is 0.562. The minimum atomic E-state index is 0.0645. The van der Waals surface area contributed by atoms with E-state index in [2.05, 4.69) is 15.0 Å². The van der Waals surface area contributed by atoms with Gasteiger partial charge in [-0.25, -0.2) is 0 Å². The van der Waals surface area contributed by atoms with E-state index < -0.39 is 0 Å². The number of aromatic nitrogens is 2. The zero-order chi connectivity index (χ0) is 15.6. The summed E-state index contributed by atoms with van der Waals surface area (Å²) in [4.78, 5) is 19.9. The van der Waals surface area contributed by atoms with Gasteiger partial charge in [0.05, 0.1) is 24.6 Å². The third-order valence-corrected chi connectivity index (χ3v) is 5.24. The molecule has 1 atom stereocenters. The van der Waals surface area contributed by atoms with Crippen molar-refractivity contribution in [2.24, 2.45) is 0 Å². The molecule has 7 heteroatoms. The van der Waals surface area contributed by atoms with Gasteiger partial charge in [0.2, 0.25) is 5.89 Å². The van der Waals surface area contributed by atoms with Gasteiger partial charge in [-0.1, -0.05) is 11.2 Å². The van der Waals surface area contributed by atoms with E-state index in [1.165, 1.54) is 11.3 Å². The van der Waals surface area contributed by atoms with Gasteiger partial charge in [0.25, 0.3) is 0 Å². The Bertz CT molecular complexity index is 666. The molecular weight excluding hydrogens is 314 g/mol. The molecule has 1 aliphatic heterocycles. The summed E-state index contributed by atoms with van der Waals surface area (Å²) in [7, 11) is 0. The van der Waals surface area contributed by atoms with Crippen molar-refractivity contribution in [3.63, 3.8) is 0 Å². The number of hydrogen-bond donors (Lipinski definition) is 0.